The molecule has 0 unspecified atom stereocenters. The van der Waals surface area contributed by atoms with E-state index in [2.05, 4.69) is 6.92 Å². The lowest BCUT2D eigenvalue weighted by Gasteiger charge is -2.45. The summed E-state index contributed by atoms with van der Waals surface area (Å²) in [6, 6.07) is 0. The van der Waals surface area contributed by atoms with E-state index < -0.39 is 80.6 Å². The second-order valence-corrected chi connectivity index (χ2v) is 8.19. The first-order chi connectivity index (χ1) is 15.2. The highest BCUT2D eigenvalue weighted by molar-refractivity contribution is 5.69. The van der Waals surface area contributed by atoms with Gasteiger partial charge in [-0.1, -0.05) is 32.6 Å². The van der Waals surface area contributed by atoms with Gasteiger partial charge in [0.1, 0.15) is 55.4 Å². The van der Waals surface area contributed by atoms with Gasteiger partial charge < -0.3 is 54.7 Å². The first-order valence-corrected chi connectivity index (χ1v) is 11.0. The molecule has 2 fully saturated rings. The molecular formula is C20H36O12. The fourth-order valence-corrected chi connectivity index (χ4v) is 3.68. The number of hydrogen-bond acceptors (Lipinski definition) is 12. The highest BCUT2D eigenvalue weighted by Gasteiger charge is 2.50. The predicted octanol–water partition coefficient (Wildman–Crippen LogP) is -2.49. The first kappa shape index (κ1) is 27.3. The normalized spacial score (nSPS) is 40.2. The number of hydrogen-bond donors (Lipinski definition) is 7. The highest BCUT2D eigenvalue weighted by Crippen LogP contribution is 2.29. The average Bonchev–Trinajstić information content (AvgIpc) is 2.78. The van der Waals surface area contributed by atoms with Crippen LogP contribution in [0.1, 0.15) is 45.4 Å². The Kier molecular flexibility index (Phi) is 11.2. The van der Waals surface area contributed by atoms with Gasteiger partial charge in [-0.2, -0.15) is 0 Å². The van der Waals surface area contributed by atoms with Crippen LogP contribution in [-0.2, 0) is 23.7 Å². The molecule has 7 N–H and O–H groups in total. The maximum absolute atomic E-state index is 12.0. The summed E-state index contributed by atoms with van der Waals surface area (Å²) < 4.78 is 21.1. The monoisotopic (exact) mass is 468 g/mol. The Balaban J connectivity index is 1.98. The van der Waals surface area contributed by atoms with Crippen molar-refractivity contribution in [2.75, 3.05) is 13.2 Å². The van der Waals surface area contributed by atoms with Crippen molar-refractivity contribution in [2.24, 2.45) is 0 Å². The minimum absolute atomic E-state index is 0.183. The SMILES string of the molecule is CCCCCCCC(=O)OC[C@H]1O[C@@H](O)[C@H](O)[C@@H](O)[C@@H]1O[C@H]1O[C@H](CO)[C@@H](O)[C@H](O)[C@H]1O. The second kappa shape index (κ2) is 13.1. The first-order valence-electron chi connectivity index (χ1n) is 11.0. The van der Waals surface area contributed by atoms with E-state index in [4.69, 9.17) is 18.9 Å². The van der Waals surface area contributed by atoms with Crippen LogP contribution in [-0.4, -0.2) is 116 Å². The number of aliphatic hydroxyl groups is 7. The van der Waals surface area contributed by atoms with Crippen molar-refractivity contribution in [3.63, 3.8) is 0 Å². The van der Waals surface area contributed by atoms with E-state index in [0.717, 1.165) is 25.7 Å². The zero-order valence-electron chi connectivity index (χ0n) is 18.1. The number of rotatable bonds is 11. The number of esters is 1. The quantitative estimate of drug-likeness (QED) is 0.125. The Morgan fingerprint density at radius 3 is 2.16 bits per heavy atom. The van der Waals surface area contributed by atoms with Crippen LogP contribution in [0.2, 0.25) is 0 Å². The third-order valence-electron chi connectivity index (χ3n) is 5.69. The van der Waals surface area contributed by atoms with Gasteiger partial charge in [0.2, 0.25) is 0 Å². The Hall–Kier alpha value is -0.930. The largest absolute Gasteiger partial charge is 0.463 e. The summed E-state index contributed by atoms with van der Waals surface area (Å²) in [7, 11) is 0. The number of carbonyl (C=O) groups excluding carboxylic acids is 1. The summed E-state index contributed by atoms with van der Waals surface area (Å²) in [5.41, 5.74) is 0. The van der Waals surface area contributed by atoms with Crippen LogP contribution in [0.4, 0.5) is 0 Å². The van der Waals surface area contributed by atoms with Gasteiger partial charge in [-0.05, 0) is 6.42 Å². The lowest BCUT2D eigenvalue weighted by atomic mass is 9.97. The molecule has 0 amide bonds. The van der Waals surface area contributed by atoms with E-state index in [9.17, 15) is 40.5 Å². The summed E-state index contributed by atoms with van der Waals surface area (Å²) in [6.07, 6.45) is -11.0. The Bertz CT molecular complexity index is 561. The lowest BCUT2D eigenvalue weighted by molar-refractivity contribution is -0.355. The molecule has 0 aromatic carbocycles. The van der Waals surface area contributed by atoms with Crippen molar-refractivity contribution in [1.82, 2.24) is 0 Å². The van der Waals surface area contributed by atoms with Crippen molar-refractivity contribution in [2.45, 2.75) is 107 Å². The molecule has 2 rings (SSSR count). The number of carbonyl (C=O) groups is 1. The van der Waals surface area contributed by atoms with Crippen molar-refractivity contribution in [3.05, 3.63) is 0 Å². The minimum atomic E-state index is -1.78. The van der Waals surface area contributed by atoms with E-state index in [1.807, 2.05) is 0 Å². The van der Waals surface area contributed by atoms with Crippen LogP contribution in [0.5, 0.6) is 0 Å². The lowest BCUT2D eigenvalue weighted by Crippen LogP contribution is -2.64. The second-order valence-electron chi connectivity index (χ2n) is 8.19. The molecule has 0 bridgehead atoms. The zero-order chi connectivity index (χ0) is 23.8. The van der Waals surface area contributed by atoms with E-state index >= 15 is 0 Å². The van der Waals surface area contributed by atoms with Crippen molar-refractivity contribution in [3.8, 4) is 0 Å². The molecule has 2 saturated heterocycles. The summed E-state index contributed by atoms with van der Waals surface area (Å²) in [4.78, 5) is 12.0. The molecule has 0 aliphatic carbocycles. The minimum Gasteiger partial charge on any atom is -0.463 e. The third kappa shape index (κ3) is 7.03. The van der Waals surface area contributed by atoms with E-state index in [1.165, 1.54) is 0 Å². The molecule has 2 aliphatic rings. The van der Waals surface area contributed by atoms with Crippen LogP contribution in [0, 0.1) is 0 Å². The average molecular weight is 468 g/mol. The van der Waals surface area contributed by atoms with Crippen LogP contribution in [0.15, 0.2) is 0 Å². The molecule has 0 spiro atoms. The highest BCUT2D eigenvalue weighted by atomic mass is 16.7. The number of ether oxygens (including phenoxy) is 4. The van der Waals surface area contributed by atoms with Crippen LogP contribution in [0.3, 0.4) is 0 Å². The van der Waals surface area contributed by atoms with Crippen LogP contribution in [0.25, 0.3) is 0 Å². The van der Waals surface area contributed by atoms with Crippen LogP contribution < -0.4 is 0 Å². The predicted molar refractivity (Wildman–Crippen MR) is 106 cm³/mol. The van der Waals surface area contributed by atoms with Gasteiger partial charge in [-0.15, -0.1) is 0 Å². The molecule has 0 aromatic rings. The van der Waals surface area contributed by atoms with Gasteiger partial charge in [-0.3, -0.25) is 4.79 Å². The van der Waals surface area contributed by atoms with E-state index in [-0.39, 0.29) is 6.42 Å². The molecule has 12 nitrogen and oxygen atoms in total. The number of unbranched alkanes of at least 4 members (excludes halogenated alkanes) is 4. The zero-order valence-corrected chi connectivity index (χ0v) is 18.1. The molecule has 0 radical (unpaired) electrons. The van der Waals surface area contributed by atoms with E-state index in [0.29, 0.717) is 6.42 Å². The van der Waals surface area contributed by atoms with Crippen LogP contribution >= 0.6 is 0 Å². The van der Waals surface area contributed by atoms with Gasteiger partial charge in [0, 0.05) is 6.42 Å². The fraction of sp³-hybridized carbons (Fsp3) is 0.950. The van der Waals surface area contributed by atoms with Crippen molar-refractivity contribution < 1.29 is 59.5 Å². The molecule has 0 aromatic heterocycles. The fourth-order valence-electron chi connectivity index (χ4n) is 3.68. The van der Waals surface area contributed by atoms with Crippen molar-refractivity contribution in [1.29, 1.82) is 0 Å². The molecule has 2 aliphatic heterocycles. The Morgan fingerprint density at radius 2 is 1.50 bits per heavy atom. The molecule has 32 heavy (non-hydrogen) atoms. The van der Waals surface area contributed by atoms with Gasteiger partial charge in [0.25, 0.3) is 0 Å². The molecule has 188 valence electrons. The summed E-state index contributed by atoms with van der Waals surface area (Å²) >= 11 is 0. The topological polar surface area (TPSA) is 196 Å². The van der Waals surface area contributed by atoms with Gasteiger partial charge in [-0.25, -0.2) is 0 Å². The number of aliphatic hydroxyl groups excluding tert-OH is 7. The van der Waals surface area contributed by atoms with Gasteiger partial charge in [0.15, 0.2) is 12.6 Å². The molecular weight excluding hydrogens is 432 g/mol. The molecule has 10 atom stereocenters. The molecule has 12 heteroatoms. The standard InChI is InChI=1S/C20H36O12/c1-2-3-4-5-6-7-12(22)29-9-11-18(15(25)16(26)19(28)30-11)32-20-17(27)14(24)13(23)10(8-21)31-20/h10-11,13-21,23-28H,2-9H2,1H3/t10-,11-,13-,14+,15-,16-,17-,18-,19-,20-/m1/s1. The van der Waals surface area contributed by atoms with Gasteiger partial charge >= 0.3 is 5.97 Å². The van der Waals surface area contributed by atoms with Gasteiger partial charge in [0.05, 0.1) is 6.61 Å². The molecule has 2 heterocycles. The Labute approximate surface area is 186 Å². The summed E-state index contributed by atoms with van der Waals surface area (Å²) in [6.45, 7) is 0.979. The van der Waals surface area contributed by atoms with Crippen molar-refractivity contribution >= 4 is 5.97 Å². The van der Waals surface area contributed by atoms with E-state index in [1.54, 1.807) is 0 Å². The molecule has 0 saturated carbocycles. The Morgan fingerprint density at radius 1 is 0.812 bits per heavy atom. The maximum Gasteiger partial charge on any atom is 0.305 e. The third-order valence-corrected chi connectivity index (χ3v) is 5.69. The smallest absolute Gasteiger partial charge is 0.305 e. The summed E-state index contributed by atoms with van der Waals surface area (Å²) in [5, 5.41) is 69.4. The summed E-state index contributed by atoms with van der Waals surface area (Å²) in [5.74, 6) is -0.508. The maximum atomic E-state index is 12.0.